The highest BCUT2D eigenvalue weighted by atomic mass is 16.5. The number of carbonyl (C=O) groups excluding carboxylic acids is 1. The normalized spacial score (nSPS) is 15.2. The summed E-state index contributed by atoms with van der Waals surface area (Å²) in [7, 11) is 0. The highest BCUT2D eigenvalue weighted by Crippen LogP contribution is 2.20. The van der Waals surface area contributed by atoms with E-state index in [1.165, 1.54) is 0 Å². The fourth-order valence-corrected chi connectivity index (χ4v) is 3.28. The first-order valence-corrected chi connectivity index (χ1v) is 9.14. The molecule has 0 bridgehead atoms. The molecule has 0 atom stereocenters. The van der Waals surface area contributed by atoms with Crippen molar-refractivity contribution in [3.63, 3.8) is 0 Å². The Hall–Kier alpha value is -3.26. The number of ether oxygens (including phenoxy) is 1. The van der Waals surface area contributed by atoms with Crippen LogP contribution in [0.2, 0.25) is 0 Å². The quantitative estimate of drug-likeness (QED) is 0.316. The van der Waals surface area contributed by atoms with Crippen molar-refractivity contribution in [1.82, 2.24) is 14.6 Å². The molecule has 0 saturated carbocycles. The summed E-state index contributed by atoms with van der Waals surface area (Å²) in [6.45, 7) is 4.60. The van der Waals surface area contributed by atoms with Crippen LogP contribution in [0.15, 0.2) is 47.8 Å². The minimum absolute atomic E-state index is 0.0190. The Kier molecular flexibility index (Phi) is 5.03. The molecule has 1 aliphatic rings. The number of carbonyl (C=O) groups is 1. The van der Waals surface area contributed by atoms with E-state index in [9.17, 15) is 4.79 Å². The van der Waals surface area contributed by atoms with Gasteiger partial charge < -0.3 is 14.8 Å². The van der Waals surface area contributed by atoms with Gasteiger partial charge in [0.05, 0.1) is 37.2 Å². The van der Waals surface area contributed by atoms with Crippen molar-refractivity contribution in [2.75, 3.05) is 31.2 Å². The molecule has 1 aromatic carbocycles. The van der Waals surface area contributed by atoms with Crippen molar-refractivity contribution in [2.24, 2.45) is 5.16 Å². The van der Waals surface area contributed by atoms with Crippen LogP contribution in [0.3, 0.4) is 0 Å². The Bertz CT molecular complexity index is 1020. The number of nitrogens with zero attached hydrogens (tertiary/aromatic N) is 5. The first-order valence-electron chi connectivity index (χ1n) is 9.14. The summed E-state index contributed by atoms with van der Waals surface area (Å²) in [5.74, 6) is 0.903. The molecule has 2 aromatic heterocycles. The van der Waals surface area contributed by atoms with Gasteiger partial charge in [0.1, 0.15) is 5.82 Å². The molecule has 4 rings (SSSR count). The second-order valence-corrected chi connectivity index (χ2v) is 6.67. The summed E-state index contributed by atoms with van der Waals surface area (Å²) < 4.78 is 7.23. The second kappa shape index (κ2) is 7.77. The van der Waals surface area contributed by atoms with Gasteiger partial charge in [0.2, 0.25) is 0 Å². The van der Waals surface area contributed by atoms with Crippen LogP contribution < -0.4 is 4.90 Å². The van der Waals surface area contributed by atoms with Crippen LogP contribution in [0.4, 0.5) is 5.82 Å². The third-order valence-electron chi connectivity index (χ3n) is 4.85. The number of fused-ring (bicyclic) bond motifs is 1. The predicted molar refractivity (Wildman–Crippen MR) is 104 cm³/mol. The summed E-state index contributed by atoms with van der Waals surface area (Å²) >= 11 is 0. The molecule has 0 spiro atoms. The molecule has 8 nitrogen and oxygen atoms in total. The summed E-state index contributed by atoms with van der Waals surface area (Å²) in [6.07, 6.45) is 1.91. The number of ketones is 1. The zero-order valence-electron chi connectivity index (χ0n) is 15.6. The van der Waals surface area contributed by atoms with Crippen LogP contribution in [-0.4, -0.2) is 57.6 Å². The van der Waals surface area contributed by atoms with Crippen molar-refractivity contribution in [1.29, 1.82) is 0 Å². The van der Waals surface area contributed by atoms with Gasteiger partial charge >= 0.3 is 0 Å². The van der Waals surface area contributed by atoms with E-state index in [1.807, 2.05) is 12.1 Å². The third kappa shape index (κ3) is 3.59. The number of Topliss-reactive ketones (excluding diaryl/α,β-unsaturated/α-hetero) is 1. The maximum Gasteiger partial charge on any atom is 0.168 e. The third-order valence-corrected chi connectivity index (χ3v) is 4.85. The summed E-state index contributed by atoms with van der Waals surface area (Å²) in [6, 6.07) is 10.8. The Labute approximate surface area is 162 Å². The molecule has 1 aliphatic heterocycles. The first-order chi connectivity index (χ1) is 13.7. The van der Waals surface area contributed by atoms with Gasteiger partial charge in [0.25, 0.3) is 0 Å². The maximum atomic E-state index is 12.8. The van der Waals surface area contributed by atoms with E-state index in [0.29, 0.717) is 30.2 Å². The lowest BCUT2D eigenvalue weighted by molar-refractivity contribution is 0.0992. The molecule has 0 unspecified atom stereocenters. The molecule has 8 heteroatoms. The van der Waals surface area contributed by atoms with Crippen LogP contribution in [0.25, 0.3) is 5.65 Å². The summed E-state index contributed by atoms with van der Waals surface area (Å²) in [4.78, 5) is 19.5. The number of hydrogen-bond acceptors (Lipinski definition) is 7. The highest BCUT2D eigenvalue weighted by molar-refractivity contribution is 6.01. The number of anilines is 1. The summed E-state index contributed by atoms with van der Waals surface area (Å²) in [5.41, 5.74) is 3.29. The molecular weight excluding hydrogens is 358 g/mol. The number of rotatable bonds is 5. The Balaban J connectivity index is 1.59. The van der Waals surface area contributed by atoms with Crippen molar-refractivity contribution < 1.29 is 14.7 Å². The lowest BCUT2D eigenvalue weighted by Gasteiger charge is -2.29. The smallest absolute Gasteiger partial charge is 0.168 e. The zero-order valence-corrected chi connectivity index (χ0v) is 15.6. The van der Waals surface area contributed by atoms with Gasteiger partial charge in [-0.2, -0.15) is 9.61 Å². The monoisotopic (exact) mass is 379 g/mol. The van der Waals surface area contributed by atoms with E-state index < -0.39 is 0 Å². The first kappa shape index (κ1) is 18.1. The van der Waals surface area contributed by atoms with Gasteiger partial charge in [-0.15, -0.1) is 0 Å². The topological polar surface area (TPSA) is 92.3 Å². The van der Waals surface area contributed by atoms with Crippen LogP contribution in [0.1, 0.15) is 28.5 Å². The fourth-order valence-electron chi connectivity index (χ4n) is 3.28. The van der Waals surface area contributed by atoms with E-state index >= 15 is 0 Å². The number of morpholine rings is 1. The number of benzene rings is 1. The minimum Gasteiger partial charge on any atom is -0.411 e. The zero-order chi connectivity index (χ0) is 19.5. The van der Waals surface area contributed by atoms with Gasteiger partial charge in [-0.3, -0.25) is 4.79 Å². The van der Waals surface area contributed by atoms with Gasteiger partial charge in [-0.1, -0.05) is 29.4 Å². The summed E-state index contributed by atoms with van der Waals surface area (Å²) in [5, 5.41) is 16.4. The van der Waals surface area contributed by atoms with E-state index in [2.05, 4.69) is 20.1 Å². The van der Waals surface area contributed by atoms with Crippen LogP contribution >= 0.6 is 0 Å². The highest BCUT2D eigenvalue weighted by Gasteiger charge is 2.18. The lowest BCUT2D eigenvalue weighted by atomic mass is 10.0. The largest absolute Gasteiger partial charge is 0.411 e. The number of aromatic nitrogens is 3. The second-order valence-electron chi connectivity index (χ2n) is 6.67. The molecule has 144 valence electrons. The maximum absolute atomic E-state index is 12.8. The van der Waals surface area contributed by atoms with Crippen molar-refractivity contribution in [3.8, 4) is 0 Å². The van der Waals surface area contributed by atoms with E-state index in [-0.39, 0.29) is 12.2 Å². The Morgan fingerprint density at radius 3 is 2.61 bits per heavy atom. The van der Waals surface area contributed by atoms with E-state index in [0.717, 1.165) is 30.1 Å². The van der Waals surface area contributed by atoms with Gasteiger partial charge in [-0.25, -0.2) is 4.98 Å². The van der Waals surface area contributed by atoms with E-state index in [4.69, 9.17) is 9.94 Å². The van der Waals surface area contributed by atoms with Gasteiger partial charge in [0, 0.05) is 30.8 Å². The predicted octanol–water partition coefficient (Wildman–Crippen LogP) is 2.19. The SMILES string of the molecule is C/C(=N/O)c1ccc(C(=O)Cc2cc(N3CCOCC3)n3nccc3n2)cc1. The molecule has 0 amide bonds. The van der Waals surface area contributed by atoms with Crippen LogP contribution in [-0.2, 0) is 11.2 Å². The van der Waals surface area contributed by atoms with Crippen molar-refractivity contribution in [3.05, 3.63) is 59.4 Å². The Morgan fingerprint density at radius 1 is 1.18 bits per heavy atom. The van der Waals surface area contributed by atoms with Crippen molar-refractivity contribution >= 4 is 23.0 Å². The molecule has 1 fully saturated rings. The molecular formula is C20H21N5O3. The molecule has 1 saturated heterocycles. The molecule has 3 heterocycles. The average molecular weight is 379 g/mol. The molecule has 0 radical (unpaired) electrons. The minimum atomic E-state index is -0.0190. The average Bonchev–Trinajstić information content (AvgIpc) is 3.22. The molecule has 0 aliphatic carbocycles. The van der Waals surface area contributed by atoms with E-state index in [1.54, 1.807) is 41.9 Å². The molecule has 1 N–H and O–H groups in total. The van der Waals surface area contributed by atoms with Crippen LogP contribution in [0.5, 0.6) is 0 Å². The molecule has 28 heavy (non-hydrogen) atoms. The van der Waals surface area contributed by atoms with Crippen molar-refractivity contribution in [2.45, 2.75) is 13.3 Å². The standard InChI is InChI=1S/C20H21N5O3/c1-14(23-27)15-2-4-16(5-3-15)18(26)12-17-13-20(24-8-10-28-11-9-24)25-19(22-17)6-7-21-25/h2-7,13,27H,8-12H2,1H3/b23-14-. The number of oxime groups is 1. The lowest BCUT2D eigenvalue weighted by Crippen LogP contribution is -2.37. The Morgan fingerprint density at radius 2 is 1.89 bits per heavy atom. The number of hydrogen-bond donors (Lipinski definition) is 1. The molecule has 3 aromatic rings. The van der Waals surface area contributed by atoms with Gasteiger partial charge in [0.15, 0.2) is 11.4 Å². The van der Waals surface area contributed by atoms with Crippen LogP contribution in [0, 0.1) is 0 Å². The fraction of sp³-hybridized carbons (Fsp3) is 0.300. The van der Waals surface area contributed by atoms with Gasteiger partial charge in [-0.05, 0) is 12.5 Å².